The number of amides is 2. The van der Waals surface area contributed by atoms with Crippen LogP contribution in [-0.4, -0.2) is 56.0 Å². The number of methoxy groups -OCH3 is 1. The summed E-state index contributed by atoms with van der Waals surface area (Å²) < 4.78 is 10.3. The SMILES string of the molecule is COC(CCNC(=O)C(C)CCNC(=O)OCC1c2ccccc2-c2ccccc21)C(=O)O. The maximum absolute atomic E-state index is 12.2. The average molecular weight is 455 g/mol. The van der Waals surface area contributed by atoms with E-state index in [2.05, 4.69) is 34.9 Å². The summed E-state index contributed by atoms with van der Waals surface area (Å²) in [4.78, 5) is 35.3. The minimum Gasteiger partial charge on any atom is -0.479 e. The number of carboxylic acids is 1. The quantitative estimate of drug-likeness (QED) is 0.481. The van der Waals surface area contributed by atoms with Crippen molar-refractivity contribution in [2.24, 2.45) is 5.92 Å². The molecule has 2 aromatic carbocycles. The fraction of sp³-hybridized carbons (Fsp3) is 0.400. The number of nitrogens with one attached hydrogen (secondary N) is 2. The Balaban J connectivity index is 1.40. The lowest BCUT2D eigenvalue weighted by Gasteiger charge is -2.16. The van der Waals surface area contributed by atoms with Crippen molar-refractivity contribution in [1.82, 2.24) is 10.6 Å². The van der Waals surface area contributed by atoms with Gasteiger partial charge in [0.2, 0.25) is 5.91 Å². The average Bonchev–Trinajstić information content (AvgIpc) is 3.13. The van der Waals surface area contributed by atoms with Gasteiger partial charge in [-0.1, -0.05) is 55.5 Å². The van der Waals surface area contributed by atoms with Crippen LogP contribution in [0.5, 0.6) is 0 Å². The van der Waals surface area contributed by atoms with Crippen molar-refractivity contribution in [2.75, 3.05) is 26.8 Å². The molecule has 0 heterocycles. The van der Waals surface area contributed by atoms with Crippen LogP contribution in [0.15, 0.2) is 48.5 Å². The van der Waals surface area contributed by atoms with Crippen LogP contribution in [0.2, 0.25) is 0 Å². The van der Waals surface area contributed by atoms with E-state index in [-0.39, 0.29) is 37.3 Å². The lowest BCUT2D eigenvalue weighted by Crippen LogP contribution is -2.35. The highest BCUT2D eigenvalue weighted by atomic mass is 16.5. The summed E-state index contributed by atoms with van der Waals surface area (Å²) in [6.45, 7) is 2.48. The van der Waals surface area contributed by atoms with Crippen molar-refractivity contribution in [3.63, 3.8) is 0 Å². The second kappa shape index (κ2) is 11.5. The fourth-order valence-corrected chi connectivity index (χ4v) is 4.01. The molecule has 0 fully saturated rings. The highest BCUT2D eigenvalue weighted by Gasteiger charge is 2.29. The number of carbonyl (C=O) groups is 3. The molecule has 0 radical (unpaired) electrons. The van der Waals surface area contributed by atoms with E-state index in [4.69, 9.17) is 14.6 Å². The molecule has 2 unspecified atom stereocenters. The van der Waals surface area contributed by atoms with Crippen molar-refractivity contribution in [1.29, 1.82) is 0 Å². The van der Waals surface area contributed by atoms with E-state index in [0.717, 1.165) is 11.1 Å². The standard InChI is InChI=1S/C25H30N2O6/c1-16(23(28)26-14-12-22(32-2)24(29)30)11-13-27-25(31)33-15-21-19-9-5-3-7-17(19)18-8-4-6-10-20(18)21/h3-10,16,21-22H,11-15H2,1-2H3,(H,26,28)(H,27,31)(H,29,30). The van der Waals surface area contributed by atoms with E-state index >= 15 is 0 Å². The first-order chi connectivity index (χ1) is 15.9. The third-order valence-corrected chi connectivity index (χ3v) is 5.90. The highest BCUT2D eigenvalue weighted by molar-refractivity contribution is 5.79. The number of hydrogen-bond donors (Lipinski definition) is 3. The van der Waals surface area contributed by atoms with Gasteiger partial charge in [0.15, 0.2) is 6.10 Å². The summed E-state index contributed by atoms with van der Waals surface area (Å²) in [5.41, 5.74) is 4.63. The highest BCUT2D eigenvalue weighted by Crippen LogP contribution is 2.44. The van der Waals surface area contributed by atoms with Gasteiger partial charge in [0, 0.05) is 38.5 Å². The molecule has 3 rings (SSSR count). The first kappa shape index (κ1) is 24.3. The Morgan fingerprint density at radius 1 is 0.939 bits per heavy atom. The van der Waals surface area contributed by atoms with E-state index in [0.29, 0.717) is 13.0 Å². The molecule has 176 valence electrons. The zero-order chi connectivity index (χ0) is 23.8. The van der Waals surface area contributed by atoms with E-state index < -0.39 is 18.2 Å². The number of fused-ring (bicyclic) bond motifs is 3. The van der Waals surface area contributed by atoms with Crippen LogP contribution in [0.25, 0.3) is 11.1 Å². The molecule has 0 aliphatic heterocycles. The van der Waals surface area contributed by atoms with Gasteiger partial charge in [0.25, 0.3) is 0 Å². The van der Waals surface area contributed by atoms with Crippen LogP contribution in [0.3, 0.4) is 0 Å². The number of alkyl carbamates (subject to hydrolysis) is 1. The number of benzene rings is 2. The molecule has 2 amide bonds. The molecule has 2 atom stereocenters. The Morgan fingerprint density at radius 3 is 2.09 bits per heavy atom. The molecule has 0 spiro atoms. The zero-order valence-electron chi connectivity index (χ0n) is 18.9. The number of aliphatic carboxylic acids is 1. The molecule has 1 aliphatic rings. The van der Waals surface area contributed by atoms with Gasteiger partial charge < -0.3 is 25.2 Å². The maximum atomic E-state index is 12.2. The molecule has 0 aromatic heterocycles. The first-order valence-corrected chi connectivity index (χ1v) is 11.0. The summed E-state index contributed by atoms with van der Waals surface area (Å²) in [6.07, 6.45) is -0.852. The van der Waals surface area contributed by atoms with Crippen LogP contribution >= 0.6 is 0 Å². The molecule has 33 heavy (non-hydrogen) atoms. The van der Waals surface area contributed by atoms with E-state index in [1.54, 1.807) is 6.92 Å². The molecule has 1 aliphatic carbocycles. The van der Waals surface area contributed by atoms with Gasteiger partial charge in [0.1, 0.15) is 6.61 Å². The predicted octanol–water partition coefficient (Wildman–Crippen LogP) is 3.16. The van der Waals surface area contributed by atoms with Gasteiger partial charge in [-0.15, -0.1) is 0 Å². The second-order valence-corrected chi connectivity index (χ2v) is 8.08. The van der Waals surface area contributed by atoms with Crippen LogP contribution < -0.4 is 10.6 Å². The number of ether oxygens (including phenoxy) is 2. The lowest BCUT2D eigenvalue weighted by atomic mass is 9.98. The second-order valence-electron chi connectivity index (χ2n) is 8.08. The molecule has 3 N–H and O–H groups in total. The summed E-state index contributed by atoms with van der Waals surface area (Å²) in [5, 5.41) is 14.3. The molecular weight excluding hydrogens is 424 g/mol. The Bertz CT molecular complexity index is 947. The fourth-order valence-electron chi connectivity index (χ4n) is 4.01. The number of rotatable bonds is 11. The summed E-state index contributed by atoms with van der Waals surface area (Å²) >= 11 is 0. The Hall–Kier alpha value is -3.39. The third kappa shape index (κ3) is 6.10. The minimum absolute atomic E-state index is 0.00502. The molecule has 2 aromatic rings. The molecule has 0 saturated heterocycles. The van der Waals surface area contributed by atoms with Crippen molar-refractivity contribution < 1.29 is 29.0 Å². The summed E-state index contributed by atoms with van der Waals surface area (Å²) in [7, 11) is 1.32. The van der Waals surface area contributed by atoms with Crippen molar-refractivity contribution in [3.8, 4) is 11.1 Å². The molecular formula is C25H30N2O6. The molecule has 0 saturated carbocycles. The Labute approximate surface area is 193 Å². The Kier molecular flexibility index (Phi) is 8.43. The topological polar surface area (TPSA) is 114 Å². The van der Waals surface area contributed by atoms with Crippen LogP contribution in [0.1, 0.15) is 36.8 Å². The van der Waals surface area contributed by atoms with Gasteiger partial charge in [0.05, 0.1) is 0 Å². The maximum Gasteiger partial charge on any atom is 0.407 e. The monoisotopic (exact) mass is 454 g/mol. The van der Waals surface area contributed by atoms with E-state index in [1.807, 2.05) is 24.3 Å². The number of carbonyl (C=O) groups excluding carboxylic acids is 2. The predicted molar refractivity (Wildman–Crippen MR) is 123 cm³/mol. The van der Waals surface area contributed by atoms with Crippen LogP contribution in [0, 0.1) is 5.92 Å². The minimum atomic E-state index is -1.06. The number of carboxylic acid groups (broad SMARTS) is 1. The van der Waals surface area contributed by atoms with Crippen molar-refractivity contribution >= 4 is 18.0 Å². The van der Waals surface area contributed by atoms with Gasteiger partial charge in [-0.2, -0.15) is 0 Å². The van der Waals surface area contributed by atoms with Crippen LogP contribution in [0.4, 0.5) is 4.79 Å². The van der Waals surface area contributed by atoms with Crippen molar-refractivity contribution in [2.45, 2.75) is 31.8 Å². The van der Waals surface area contributed by atoms with Gasteiger partial charge in [-0.25, -0.2) is 9.59 Å². The van der Waals surface area contributed by atoms with Crippen molar-refractivity contribution in [3.05, 3.63) is 59.7 Å². The lowest BCUT2D eigenvalue weighted by molar-refractivity contribution is -0.149. The number of hydrogen-bond acceptors (Lipinski definition) is 5. The Morgan fingerprint density at radius 2 is 1.52 bits per heavy atom. The summed E-state index contributed by atoms with van der Waals surface area (Å²) in [6, 6.07) is 16.3. The third-order valence-electron chi connectivity index (χ3n) is 5.90. The van der Waals surface area contributed by atoms with Gasteiger partial charge >= 0.3 is 12.1 Å². The first-order valence-electron chi connectivity index (χ1n) is 11.0. The van der Waals surface area contributed by atoms with E-state index in [9.17, 15) is 14.4 Å². The normalized spacial score (nSPS) is 14.0. The molecule has 8 nitrogen and oxygen atoms in total. The van der Waals surface area contributed by atoms with Gasteiger partial charge in [-0.3, -0.25) is 4.79 Å². The van der Waals surface area contributed by atoms with E-state index in [1.165, 1.54) is 18.2 Å². The van der Waals surface area contributed by atoms with Gasteiger partial charge in [-0.05, 0) is 28.7 Å². The van der Waals surface area contributed by atoms with Crippen LogP contribution in [-0.2, 0) is 19.1 Å². The molecule has 0 bridgehead atoms. The summed E-state index contributed by atoms with van der Waals surface area (Å²) in [5.74, 6) is -1.61. The molecule has 8 heteroatoms. The zero-order valence-corrected chi connectivity index (χ0v) is 18.9. The largest absolute Gasteiger partial charge is 0.479 e. The smallest absolute Gasteiger partial charge is 0.407 e.